The fourth-order valence-corrected chi connectivity index (χ4v) is 9.36. The molecule has 79 heavy (non-hydrogen) atoms. The molecule has 0 aliphatic rings. The quantitative estimate of drug-likeness (QED) is 0.0156. The zero-order valence-corrected chi connectivity index (χ0v) is 52.5. The van der Waals surface area contributed by atoms with Crippen LogP contribution in [0, 0.1) is 0 Å². The van der Waals surface area contributed by atoms with Crippen LogP contribution in [-0.4, -0.2) is 74.3 Å². The van der Waals surface area contributed by atoms with Crippen molar-refractivity contribution < 1.29 is 37.3 Å². The fourth-order valence-electron chi connectivity index (χ4n) is 8.63. The maximum atomic E-state index is 13.5. The predicted octanol–water partition coefficient (Wildman–Crippen LogP) is 19.9. The van der Waals surface area contributed by atoms with Crippen LogP contribution in [0.5, 0.6) is 0 Å². The molecule has 0 aromatic rings. The predicted molar refractivity (Wildman–Crippen MR) is 341 cm³/mol. The van der Waals surface area contributed by atoms with Crippen molar-refractivity contribution in [2.24, 2.45) is 0 Å². The first-order chi connectivity index (χ1) is 38.4. The Balaban J connectivity index is 5.19. The van der Waals surface area contributed by atoms with Crippen LogP contribution >= 0.6 is 7.82 Å². The molecule has 0 spiro atoms. The standard InChI is InChI=1S/C69H119N2O7P/c1-7-10-13-16-19-22-25-27-29-31-32-33-34-35-36-37-38-40-42-44-47-50-53-56-59-62-69(73)78-67(60-57-54-51-48-45-24-21-18-15-12-9-3)66(65-77-79(74,75)76-64-63-71(4,5)6)70-68(72)61-58-55-52-49-46-43-41-39-30-28-26-23-20-17-14-11-8-2/h11,14,17,19-20,22-23,26-30,32-33,39,41,43,46,57,60,66-67H,7-10,12-13,15-16,18,21,24-25,31,34-38,40,42,44-45,47-56,58-59,61-65H2,1-6H3,(H-,70,72,74,75)/p+1/b14-11-,20-17+,22-19-,26-23+,29-27-,30-28-,33-32-,41-39+,46-43+,60-57-. The summed E-state index contributed by atoms with van der Waals surface area (Å²) in [5.41, 5.74) is 0. The topological polar surface area (TPSA) is 111 Å². The highest BCUT2D eigenvalue weighted by Gasteiger charge is 2.30. The fraction of sp³-hybridized carbons (Fsp3) is 0.681. The number of nitrogens with zero attached hydrogens (tertiary/aromatic N) is 1. The lowest BCUT2D eigenvalue weighted by atomic mass is 10.0. The van der Waals surface area contributed by atoms with Gasteiger partial charge in [-0.15, -0.1) is 0 Å². The van der Waals surface area contributed by atoms with Gasteiger partial charge in [-0.2, -0.15) is 0 Å². The van der Waals surface area contributed by atoms with Gasteiger partial charge >= 0.3 is 13.8 Å². The van der Waals surface area contributed by atoms with Crippen LogP contribution in [0.4, 0.5) is 0 Å². The van der Waals surface area contributed by atoms with Gasteiger partial charge in [0.15, 0.2) is 0 Å². The number of carbonyl (C=O) groups is 2. The third kappa shape index (κ3) is 58.9. The number of hydrogen-bond acceptors (Lipinski definition) is 6. The lowest BCUT2D eigenvalue weighted by molar-refractivity contribution is -0.870. The van der Waals surface area contributed by atoms with Crippen LogP contribution in [-0.2, 0) is 27.9 Å². The number of unbranched alkanes of at least 4 members (excludes halogenated alkanes) is 27. The normalized spacial score (nSPS) is 14.5. The Hall–Kier alpha value is -3.59. The molecule has 0 aliphatic carbocycles. The Morgan fingerprint density at radius 2 is 0.861 bits per heavy atom. The second-order valence-corrected chi connectivity index (χ2v) is 23.8. The number of allylic oxidation sites excluding steroid dienone is 19. The highest BCUT2D eigenvalue weighted by atomic mass is 31.2. The van der Waals surface area contributed by atoms with E-state index in [4.69, 9.17) is 13.8 Å². The molecular weight excluding hydrogens is 1000 g/mol. The molecule has 3 atom stereocenters. The molecule has 3 unspecified atom stereocenters. The van der Waals surface area contributed by atoms with Crippen molar-refractivity contribution >= 4 is 19.7 Å². The Labute approximate surface area is 486 Å². The van der Waals surface area contributed by atoms with E-state index >= 15 is 0 Å². The van der Waals surface area contributed by atoms with E-state index in [-0.39, 0.29) is 37.9 Å². The summed E-state index contributed by atoms with van der Waals surface area (Å²) in [6, 6.07) is -0.880. The van der Waals surface area contributed by atoms with E-state index in [2.05, 4.69) is 74.7 Å². The van der Waals surface area contributed by atoms with Crippen molar-refractivity contribution in [3.05, 3.63) is 122 Å². The number of ether oxygens (including phenoxy) is 1. The molecule has 0 radical (unpaired) electrons. The zero-order valence-electron chi connectivity index (χ0n) is 51.6. The van der Waals surface area contributed by atoms with E-state index in [9.17, 15) is 19.0 Å². The van der Waals surface area contributed by atoms with Crippen molar-refractivity contribution in [2.45, 2.75) is 264 Å². The first-order valence-corrected chi connectivity index (χ1v) is 33.4. The molecule has 0 aliphatic heterocycles. The number of nitrogens with one attached hydrogen (secondary N) is 1. The van der Waals surface area contributed by atoms with Crippen molar-refractivity contribution in [1.82, 2.24) is 5.32 Å². The average Bonchev–Trinajstić information content (AvgIpc) is 3.41. The molecule has 0 saturated carbocycles. The summed E-state index contributed by atoms with van der Waals surface area (Å²) in [6.07, 6.45) is 80.6. The molecular formula is C69H120N2O7P+. The molecule has 0 aromatic heterocycles. The van der Waals surface area contributed by atoms with Gasteiger partial charge in [-0.25, -0.2) is 4.57 Å². The van der Waals surface area contributed by atoms with Gasteiger partial charge in [-0.05, 0) is 89.5 Å². The highest BCUT2D eigenvalue weighted by Crippen LogP contribution is 2.43. The minimum atomic E-state index is -4.47. The average molecular weight is 1120 g/mol. The molecule has 0 heterocycles. The van der Waals surface area contributed by atoms with Gasteiger partial charge in [0, 0.05) is 12.8 Å². The second kappa shape index (κ2) is 57.6. The number of amides is 1. The molecule has 0 rings (SSSR count). The SMILES string of the molecule is CC\C=C/C=C/C=C/C=C\C=C\C=C\CCCCCC(=O)NC(COP(=O)(O)OCC[N+](C)(C)C)C(/C=C\CCCCCCCCCCC)OC(=O)CCCCCCCCCCCCCC/C=C\C/C=C\C/C=C\CCCCC. The van der Waals surface area contributed by atoms with Gasteiger partial charge in [0.2, 0.25) is 5.91 Å². The smallest absolute Gasteiger partial charge is 0.456 e. The largest absolute Gasteiger partial charge is 0.472 e. The maximum absolute atomic E-state index is 13.5. The third-order valence-electron chi connectivity index (χ3n) is 13.5. The van der Waals surface area contributed by atoms with Crippen LogP contribution < -0.4 is 5.32 Å². The number of quaternary nitrogens is 1. The summed E-state index contributed by atoms with van der Waals surface area (Å²) in [6.45, 7) is 6.79. The lowest BCUT2D eigenvalue weighted by Crippen LogP contribution is -2.47. The minimum absolute atomic E-state index is 0.0244. The van der Waals surface area contributed by atoms with Gasteiger partial charge in [0.05, 0.1) is 33.8 Å². The monoisotopic (exact) mass is 1120 g/mol. The summed E-state index contributed by atoms with van der Waals surface area (Å²) in [5.74, 6) is -0.565. The van der Waals surface area contributed by atoms with E-state index in [0.29, 0.717) is 17.4 Å². The summed E-state index contributed by atoms with van der Waals surface area (Å²) < 4.78 is 30.7. The van der Waals surface area contributed by atoms with Gasteiger partial charge in [-0.1, -0.05) is 271 Å². The van der Waals surface area contributed by atoms with E-state index in [0.717, 1.165) is 77.0 Å². The molecule has 0 aromatic carbocycles. The number of phosphoric acid groups is 1. The first kappa shape index (κ1) is 75.4. The molecule has 1 amide bonds. The number of carbonyl (C=O) groups excluding carboxylic acids is 2. The maximum Gasteiger partial charge on any atom is 0.472 e. The van der Waals surface area contributed by atoms with Crippen LogP contribution in [0.2, 0.25) is 0 Å². The van der Waals surface area contributed by atoms with Crippen molar-refractivity contribution in [2.75, 3.05) is 40.9 Å². The highest BCUT2D eigenvalue weighted by molar-refractivity contribution is 7.47. The first-order valence-electron chi connectivity index (χ1n) is 31.9. The van der Waals surface area contributed by atoms with Crippen molar-refractivity contribution in [1.29, 1.82) is 0 Å². The van der Waals surface area contributed by atoms with Crippen LogP contribution in [0.1, 0.15) is 252 Å². The van der Waals surface area contributed by atoms with E-state index in [1.165, 1.54) is 135 Å². The Morgan fingerprint density at radius 1 is 0.468 bits per heavy atom. The number of rotatable bonds is 56. The summed E-state index contributed by atoms with van der Waals surface area (Å²) in [7, 11) is 1.45. The van der Waals surface area contributed by atoms with E-state index in [1.807, 2.05) is 94.1 Å². The number of hydrogen-bond donors (Lipinski definition) is 2. The summed E-state index contributed by atoms with van der Waals surface area (Å²) in [4.78, 5) is 37.7. The van der Waals surface area contributed by atoms with Gasteiger partial charge in [0.25, 0.3) is 0 Å². The molecule has 0 saturated heterocycles. The van der Waals surface area contributed by atoms with Crippen LogP contribution in [0.15, 0.2) is 122 Å². The van der Waals surface area contributed by atoms with Crippen molar-refractivity contribution in [3.8, 4) is 0 Å². The lowest BCUT2D eigenvalue weighted by Gasteiger charge is -2.27. The summed E-state index contributed by atoms with van der Waals surface area (Å²) in [5, 5.41) is 3.03. The van der Waals surface area contributed by atoms with Crippen LogP contribution in [0.25, 0.3) is 0 Å². The zero-order chi connectivity index (χ0) is 57.9. The molecule has 10 heteroatoms. The van der Waals surface area contributed by atoms with E-state index in [1.54, 1.807) is 0 Å². The molecule has 2 N–H and O–H groups in total. The van der Waals surface area contributed by atoms with Crippen LogP contribution in [0.3, 0.4) is 0 Å². The number of likely N-dealkylation sites (N-methyl/N-ethyl adjacent to an activating group) is 1. The van der Waals surface area contributed by atoms with Gasteiger partial charge in [-0.3, -0.25) is 18.6 Å². The van der Waals surface area contributed by atoms with Crippen molar-refractivity contribution in [3.63, 3.8) is 0 Å². The van der Waals surface area contributed by atoms with E-state index < -0.39 is 20.0 Å². The molecule has 0 fully saturated rings. The number of phosphoric ester groups is 1. The molecule has 9 nitrogen and oxygen atoms in total. The summed E-state index contributed by atoms with van der Waals surface area (Å²) >= 11 is 0. The van der Waals surface area contributed by atoms with Gasteiger partial charge < -0.3 is 19.4 Å². The number of esters is 1. The third-order valence-corrected chi connectivity index (χ3v) is 14.5. The Bertz CT molecular complexity index is 1770. The van der Waals surface area contributed by atoms with Gasteiger partial charge in [0.1, 0.15) is 19.3 Å². The Kier molecular flexibility index (Phi) is 55.0. The minimum Gasteiger partial charge on any atom is -0.456 e. The molecule has 452 valence electrons. The Morgan fingerprint density at radius 3 is 1.37 bits per heavy atom. The second-order valence-electron chi connectivity index (χ2n) is 22.4. The molecule has 0 bridgehead atoms.